The Kier molecular flexibility index (Phi) is 3.63. The van der Waals surface area contributed by atoms with Gasteiger partial charge in [-0.3, -0.25) is 0 Å². The molecule has 0 aliphatic rings. The van der Waals surface area contributed by atoms with Crippen molar-refractivity contribution in [1.82, 2.24) is 9.78 Å². The van der Waals surface area contributed by atoms with Crippen LogP contribution in [-0.2, 0) is 0 Å². The van der Waals surface area contributed by atoms with E-state index >= 15 is 0 Å². The molecule has 1 heterocycles. The molecule has 0 saturated carbocycles. The number of hydrogen-bond donors (Lipinski definition) is 0. The Bertz CT molecular complexity index is 827. The van der Waals surface area contributed by atoms with Crippen LogP contribution in [-0.4, -0.2) is 16.9 Å². The molecule has 0 aliphatic carbocycles. The molecule has 0 fully saturated rings. The van der Waals surface area contributed by atoms with Crippen molar-refractivity contribution in [3.63, 3.8) is 0 Å². The number of rotatable bonds is 3. The van der Waals surface area contributed by atoms with Crippen molar-refractivity contribution in [3.05, 3.63) is 65.9 Å². The summed E-state index contributed by atoms with van der Waals surface area (Å²) in [4.78, 5) is 0. The Morgan fingerprint density at radius 3 is 2.32 bits per heavy atom. The van der Waals surface area contributed by atoms with Crippen LogP contribution in [0.1, 0.15) is 11.3 Å². The minimum Gasteiger partial charge on any atom is -0.480 e. The van der Waals surface area contributed by atoms with Gasteiger partial charge < -0.3 is 4.74 Å². The highest BCUT2D eigenvalue weighted by atomic mass is 16.5. The molecule has 0 N–H and O–H groups in total. The first-order chi connectivity index (χ1) is 10.7. The van der Waals surface area contributed by atoms with Crippen LogP contribution in [0.5, 0.6) is 5.88 Å². The van der Waals surface area contributed by atoms with E-state index in [4.69, 9.17) is 10.00 Å². The number of aryl methyl sites for hydroxylation is 1. The second kappa shape index (κ2) is 5.74. The largest absolute Gasteiger partial charge is 0.480 e. The second-order valence-corrected chi connectivity index (χ2v) is 4.91. The third kappa shape index (κ3) is 2.33. The van der Waals surface area contributed by atoms with E-state index in [1.807, 2.05) is 49.4 Å². The number of nitrogens with zero attached hydrogens (tertiary/aromatic N) is 3. The van der Waals surface area contributed by atoms with E-state index in [9.17, 15) is 0 Å². The summed E-state index contributed by atoms with van der Waals surface area (Å²) in [5.74, 6) is 0.688. The van der Waals surface area contributed by atoms with E-state index in [1.165, 1.54) is 0 Å². The fourth-order valence-electron chi connectivity index (χ4n) is 2.48. The first-order valence-corrected chi connectivity index (χ1v) is 6.94. The van der Waals surface area contributed by atoms with E-state index < -0.39 is 0 Å². The third-order valence-electron chi connectivity index (χ3n) is 3.51. The van der Waals surface area contributed by atoms with E-state index in [-0.39, 0.29) is 0 Å². The standard InChI is InChI=1S/C18H15N3O/c1-13-17(15-10-8-14(12-19)9-11-15)18(22-2)21(20-13)16-6-4-3-5-7-16/h3-11H,1-2H3. The summed E-state index contributed by atoms with van der Waals surface area (Å²) in [6.45, 7) is 1.95. The Morgan fingerprint density at radius 2 is 1.73 bits per heavy atom. The molecule has 2 aromatic carbocycles. The SMILES string of the molecule is COc1c(-c2ccc(C#N)cc2)c(C)nn1-c1ccccc1. The first kappa shape index (κ1) is 13.9. The summed E-state index contributed by atoms with van der Waals surface area (Å²) in [6.07, 6.45) is 0. The lowest BCUT2D eigenvalue weighted by Crippen LogP contribution is -1.99. The molecule has 0 radical (unpaired) electrons. The maximum absolute atomic E-state index is 8.92. The van der Waals surface area contributed by atoms with Crippen molar-refractivity contribution in [2.24, 2.45) is 0 Å². The van der Waals surface area contributed by atoms with Crippen molar-refractivity contribution < 1.29 is 4.74 Å². The maximum Gasteiger partial charge on any atom is 0.224 e. The van der Waals surface area contributed by atoms with Gasteiger partial charge in [0.25, 0.3) is 0 Å². The van der Waals surface area contributed by atoms with Gasteiger partial charge in [0.15, 0.2) is 0 Å². The molecule has 22 heavy (non-hydrogen) atoms. The van der Waals surface area contributed by atoms with E-state index in [1.54, 1.807) is 23.9 Å². The summed E-state index contributed by atoms with van der Waals surface area (Å²) >= 11 is 0. The van der Waals surface area contributed by atoms with Crippen LogP contribution in [0.25, 0.3) is 16.8 Å². The predicted octanol–water partition coefficient (Wildman–Crippen LogP) is 3.73. The van der Waals surface area contributed by atoms with E-state index in [2.05, 4.69) is 11.2 Å². The number of ether oxygens (including phenoxy) is 1. The van der Waals surface area contributed by atoms with Gasteiger partial charge in [-0.2, -0.15) is 10.4 Å². The average molecular weight is 289 g/mol. The smallest absolute Gasteiger partial charge is 0.224 e. The molecular weight excluding hydrogens is 274 g/mol. The number of hydrogen-bond acceptors (Lipinski definition) is 3. The molecule has 3 aromatic rings. The zero-order valence-electron chi connectivity index (χ0n) is 12.4. The van der Waals surface area contributed by atoms with Gasteiger partial charge in [0.1, 0.15) is 0 Å². The summed E-state index contributed by atoms with van der Waals surface area (Å²) in [5, 5.41) is 13.5. The molecule has 0 atom stereocenters. The molecule has 4 heteroatoms. The normalized spacial score (nSPS) is 10.2. The predicted molar refractivity (Wildman–Crippen MR) is 85.0 cm³/mol. The summed E-state index contributed by atoms with van der Waals surface area (Å²) < 4.78 is 7.39. The molecule has 0 saturated heterocycles. The zero-order valence-corrected chi connectivity index (χ0v) is 12.4. The minimum atomic E-state index is 0.635. The monoisotopic (exact) mass is 289 g/mol. The van der Waals surface area contributed by atoms with Gasteiger partial charge in [-0.15, -0.1) is 0 Å². The maximum atomic E-state index is 8.92. The quantitative estimate of drug-likeness (QED) is 0.738. The highest BCUT2D eigenvalue weighted by molar-refractivity contribution is 5.72. The van der Waals surface area contributed by atoms with Crippen LogP contribution in [0.4, 0.5) is 0 Å². The van der Waals surface area contributed by atoms with Gasteiger partial charge in [0.2, 0.25) is 5.88 Å². The van der Waals surface area contributed by atoms with E-state index in [0.29, 0.717) is 11.4 Å². The Hall–Kier alpha value is -3.06. The molecule has 0 spiro atoms. The molecule has 0 aliphatic heterocycles. The molecule has 1 aromatic heterocycles. The molecular formula is C18H15N3O. The van der Waals surface area contributed by atoms with E-state index in [0.717, 1.165) is 22.5 Å². The van der Waals surface area contributed by atoms with Gasteiger partial charge >= 0.3 is 0 Å². The van der Waals surface area contributed by atoms with Gasteiger partial charge in [-0.1, -0.05) is 30.3 Å². The molecule has 4 nitrogen and oxygen atoms in total. The third-order valence-corrected chi connectivity index (χ3v) is 3.51. The van der Waals surface area contributed by atoms with Crippen molar-refractivity contribution in [3.8, 4) is 28.8 Å². The highest BCUT2D eigenvalue weighted by Gasteiger charge is 2.18. The van der Waals surface area contributed by atoms with Crippen molar-refractivity contribution in [2.45, 2.75) is 6.92 Å². The lowest BCUT2D eigenvalue weighted by Gasteiger charge is -2.08. The summed E-state index contributed by atoms with van der Waals surface area (Å²) in [5.41, 5.74) is 4.38. The van der Waals surface area contributed by atoms with Crippen LogP contribution in [0.2, 0.25) is 0 Å². The molecule has 0 amide bonds. The topological polar surface area (TPSA) is 50.8 Å². The Balaban J connectivity index is 2.16. The van der Waals surface area contributed by atoms with Gasteiger partial charge in [0.05, 0.1) is 35.7 Å². The van der Waals surface area contributed by atoms with Crippen LogP contribution in [0, 0.1) is 18.3 Å². The first-order valence-electron chi connectivity index (χ1n) is 6.94. The van der Waals surface area contributed by atoms with Gasteiger partial charge in [-0.25, -0.2) is 4.68 Å². The highest BCUT2D eigenvalue weighted by Crippen LogP contribution is 2.34. The summed E-state index contributed by atoms with van der Waals surface area (Å²) in [6, 6.07) is 19.4. The van der Waals surface area contributed by atoms with Crippen LogP contribution < -0.4 is 4.74 Å². The van der Waals surface area contributed by atoms with Crippen molar-refractivity contribution in [1.29, 1.82) is 5.26 Å². The average Bonchev–Trinajstić information content (AvgIpc) is 2.92. The second-order valence-electron chi connectivity index (χ2n) is 4.91. The van der Waals surface area contributed by atoms with Crippen molar-refractivity contribution in [2.75, 3.05) is 7.11 Å². The summed E-state index contributed by atoms with van der Waals surface area (Å²) in [7, 11) is 1.64. The number of aromatic nitrogens is 2. The van der Waals surface area contributed by atoms with Crippen LogP contribution in [0.3, 0.4) is 0 Å². The number of para-hydroxylation sites is 1. The molecule has 0 unspecified atom stereocenters. The van der Waals surface area contributed by atoms with Gasteiger partial charge in [-0.05, 0) is 36.8 Å². The van der Waals surface area contributed by atoms with Crippen LogP contribution in [0.15, 0.2) is 54.6 Å². The minimum absolute atomic E-state index is 0.635. The number of nitriles is 1. The lowest BCUT2D eigenvalue weighted by atomic mass is 10.0. The van der Waals surface area contributed by atoms with Crippen LogP contribution >= 0.6 is 0 Å². The molecule has 108 valence electrons. The fraction of sp³-hybridized carbons (Fsp3) is 0.111. The molecule has 0 bridgehead atoms. The fourth-order valence-corrected chi connectivity index (χ4v) is 2.48. The van der Waals surface area contributed by atoms with Crippen molar-refractivity contribution >= 4 is 0 Å². The number of benzene rings is 2. The Morgan fingerprint density at radius 1 is 1.05 bits per heavy atom. The number of methoxy groups -OCH3 is 1. The lowest BCUT2D eigenvalue weighted by molar-refractivity contribution is 0.385. The van der Waals surface area contributed by atoms with Gasteiger partial charge in [0, 0.05) is 0 Å². The Labute approximate surface area is 129 Å². The molecule has 3 rings (SSSR count). The zero-order chi connectivity index (χ0) is 15.5.